The molecule has 1 aliphatic heterocycles. The van der Waals surface area contributed by atoms with Gasteiger partial charge in [-0.15, -0.1) is 0 Å². The summed E-state index contributed by atoms with van der Waals surface area (Å²) in [4.78, 5) is 12.4. The largest absolute Gasteiger partial charge is 0.491 e. The van der Waals surface area contributed by atoms with Crippen LogP contribution in [0.25, 0.3) is 0 Å². The molecular weight excluding hydrogens is 316 g/mol. The molecule has 1 aromatic rings. The molecule has 1 aromatic carbocycles. The van der Waals surface area contributed by atoms with Gasteiger partial charge in [-0.3, -0.25) is 4.79 Å². The van der Waals surface area contributed by atoms with Gasteiger partial charge in [0.1, 0.15) is 5.75 Å². The van der Waals surface area contributed by atoms with Crippen LogP contribution in [0.2, 0.25) is 0 Å². The highest BCUT2D eigenvalue weighted by molar-refractivity contribution is 5.82. The first-order valence-corrected chi connectivity index (χ1v) is 9.51. The number of rotatable bonds is 6. The number of carbonyl (C=O) groups is 1. The molecule has 5 heteroatoms. The standard InChI is InChI=1S/C20H30N2O3/c1-13(2)25-16-9-7-14(8-10-16)19(23)12-21-20(24)18-11-15-5-3-4-6-17(15)22-18/h7-10,13,15,17-19,22-23H,3-6,11-12H2,1-2H3,(H,21,24). The van der Waals surface area contributed by atoms with E-state index >= 15 is 0 Å². The minimum Gasteiger partial charge on any atom is -0.491 e. The third-order valence-corrected chi connectivity index (χ3v) is 5.29. The molecule has 1 aliphatic carbocycles. The van der Waals surface area contributed by atoms with E-state index in [1.165, 1.54) is 25.7 Å². The fourth-order valence-corrected chi connectivity index (χ4v) is 4.00. The quantitative estimate of drug-likeness (QED) is 0.740. The number of hydrogen-bond donors (Lipinski definition) is 3. The molecule has 3 rings (SSSR count). The van der Waals surface area contributed by atoms with Gasteiger partial charge in [0, 0.05) is 12.6 Å². The molecule has 1 saturated carbocycles. The van der Waals surface area contributed by atoms with E-state index in [-0.39, 0.29) is 24.6 Å². The Labute approximate surface area is 150 Å². The van der Waals surface area contributed by atoms with Gasteiger partial charge < -0.3 is 20.5 Å². The SMILES string of the molecule is CC(C)Oc1ccc(C(O)CNC(=O)C2CC3CCCCC3N2)cc1. The zero-order valence-corrected chi connectivity index (χ0v) is 15.2. The van der Waals surface area contributed by atoms with Crippen molar-refractivity contribution in [1.82, 2.24) is 10.6 Å². The number of carbonyl (C=O) groups excluding carboxylic acids is 1. The highest BCUT2D eigenvalue weighted by atomic mass is 16.5. The van der Waals surface area contributed by atoms with Crippen LogP contribution in [0.3, 0.4) is 0 Å². The molecule has 138 valence electrons. The van der Waals surface area contributed by atoms with E-state index in [9.17, 15) is 9.90 Å². The summed E-state index contributed by atoms with van der Waals surface area (Å²) in [5.74, 6) is 1.43. The van der Waals surface area contributed by atoms with Gasteiger partial charge in [-0.2, -0.15) is 0 Å². The maximum atomic E-state index is 12.4. The van der Waals surface area contributed by atoms with E-state index in [1.807, 2.05) is 38.1 Å². The summed E-state index contributed by atoms with van der Waals surface area (Å²) in [5, 5.41) is 16.7. The van der Waals surface area contributed by atoms with Crippen LogP contribution in [0.4, 0.5) is 0 Å². The predicted molar refractivity (Wildman–Crippen MR) is 97.5 cm³/mol. The van der Waals surface area contributed by atoms with Gasteiger partial charge in [-0.25, -0.2) is 0 Å². The number of nitrogens with one attached hydrogen (secondary N) is 2. The Hall–Kier alpha value is -1.59. The second-order valence-electron chi connectivity index (χ2n) is 7.60. The summed E-state index contributed by atoms with van der Waals surface area (Å²) < 4.78 is 5.60. The van der Waals surface area contributed by atoms with Gasteiger partial charge in [-0.1, -0.05) is 25.0 Å². The Bertz CT molecular complexity index is 559. The van der Waals surface area contributed by atoms with Crippen LogP contribution in [-0.2, 0) is 4.79 Å². The Morgan fingerprint density at radius 3 is 2.68 bits per heavy atom. The van der Waals surface area contributed by atoms with E-state index in [1.54, 1.807) is 0 Å². The molecule has 2 aliphatic rings. The van der Waals surface area contributed by atoms with E-state index in [2.05, 4.69) is 10.6 Å². The number of fused-ring (bicyclic) bond motifs is 1. The second-order valence-corrected chi connectivity index (χ2v) is 7.60. The number of aliphatic hydroxyl groups excluding tert-OH is 1. The smallest absolute Gasteiger partial charge is 0.237 e. The van der Waals surface area contributed by atoms with Crippen molar-refractivity contribution in [1.29, 1.82) is 0 Å². The van der Waals surface area contributed by atoms with Crippen LogP contribution < -0.4 is 15.4 Å². The molecule has 1 saturated heterocycles. The lowest BCUT2D eigenvalue weighted by Crippen LogP contribution is -2.44. The van der Waals surface area contributed by atoms with Gasteiger partial charge >= 0.3 is 0 Å². The minimum atomic E-state index is -0.708. The molecule has 0 radical (unpaired) electrons. The molecule has 0 bridgehead atoms. The summed E-state index contributed by atoms with van der Waals surface area (Å²) in [5.41, 5.74) is 0.782. The lowest BCUT2D eigenvalue weighted by atomic mass is 9.85. The molecule has 4 atom stereocenters. The third kappa shape index (κ3) is 4.73. The zero-order chi connectivity index (χ0) is 17.8. The van der Waals surface area contributed by atoms with E-state index in [0.29, 0.717) is 12.0 Å². The lowest BCUT2D eigenvalue weighted by molar-refractivity contribution is -0.123. The molecule has 3 N–H and O–H groups in total. The fourth-order valence-electron chi connectivity index (χ4n) is 4.00. The number of hydrogen-bond acceptors (Lipinski definition) is 4. The number of aliphatic hydroxyl groups is 1. The number of ether oxygens (including phenoxy) is 1. The fraction of sp³-hybridized carbons (Fsp3) is 0.650. The number of benzene rings is 1. The highest BCUT2D eigenvalue weighted by Crippen LogP contribution is 2.33. The number of amides is 1. The van der Waals surface area contributed by atoms with Crippen molar-refractivity contribution in [2.24, 2.45) is 5.92 Å². The van der Waals surface area contributed by atoms with Gasteiger partial charge in [0.25, 0.3) is 0 Å². The van der Waals surface area contributed by atoms with Crippen molar-refractivity contribution >= 4 is 5.91 Å². The molecule has 25 heavy (non-hydrogen) atoms. The van der Waals surface area contributed by atoms with Crippen molar-refractivity contribution in [2.45, 2.75) is 70.2 Å². The average Bonchev–Trinajstić information content (AvgIpc) is 3.03. The van der Waals surface area contributed by atoms with Crippen molar-refractivity contribution < 1.29 is 14.6 Å². The first-order chi connectivity index (χ1) is 12.0. The zero-order valence-electron chi connectivity index (χ0n) is 15.2. The molecule has 0 aromatic heterocycles. The highest BCUT2D eigenvalue weighted by Gasteiger charge is 2.38. The Balaban J connectivity index is 1.47. The Morgan fingerprint density at radius 1 is 1.28 bits per heavy atom. The summed E-state index contributed by atoms with van der Waals surface area (Å²) in [7, 11) is 0. The summed E-state index contributed by atoms with van der Waals surface area (Å²) >= 11 is 0. The van der Waals surface area contributed by atoms with Crippen LogP contribution in [-0.4, -0.2) is 35.7 Å². The Kier molecular flexibility index (Phi) is 5.97. The van der Waals surface area contributed by atoms with Crippen LogP contribution in [0, 0.1) is 5.92 Å². The van der Waals surface area contributed by atoms with E-state index in [4.69, 9.17) is 4.74 Å². The van der Waals surface area contributed by atoms with E-state index in [0.717, 1.165) is 17.7 Å². The summed E-state index contributed by atoms with van der Waals surface area (Å²) in [6, 6.07) is 7.78. The van der Waals surface area contributed by atoms with Gasteiger partial charge in [0.2, 0.25) is 5.91 Å². The monoisotopic (exact) mass is 346 g/mol. The minimum absolute atomic E-state index is 0.00760. The van der Waals surface area contributed by atoms with Crippen LogP contribution >= 0.6 is 0 Å². The van der Waals surface area contributed by atoms with Crippen molar-refractivity contribution in [3.8, 4) is 5.75 Å². The maximum absolute atomic E-state index is 12.4. The van der Waals surface area contributed by atoms with Crippen LogP contribution in [0.5, 0.6) is 5.75 Å². The third-order valence-electron chi connectivity index (χ3n) is 5.29. The predicted octanol–water partition coefficient (Wildman–Crippen LogP) is 2.54. The first-order valence-electron chi connectivity index (χ1n) is 9.51. The first kappa shape index (κ1) is 18.2. The lowest BCUT2D eigenvalue weighted by Gasteiger charge is -2.24. The van der Waals surface area contributed by atoms with Crippen LogP contribution in [0.15, 0.2) is 24.3 Å². The van der Waals surface area contributed by atoms with Crippen molar-refractivity contribution in [3.63, 3.8) is 0 Å². The molecule has 4 unspecified atom stereocenters. The second kappa shape index (κ2) is 8.19. The van der Waals surface area contributed by atoms with Gasteiger partial charge in [-0.05, 0) is 56.7 Å². The molecule has 1 amide bonds. The molecule has 1 heterocycles. The maximum Gasteiger partial charge on any atom is 0.237 e. The van der Waals surface area contributed by atoms with E-state index < -0.39 is 6.10 Å². The average molecular weight is 346 g/mol. The van der Waals surface area contributed by atoms with Gasteiger partial charge in [0.15, 0.2) is 0 Å². The Morgan fingerprint density at radius 2 is 2.00 bits per heavy atom. The van der Waals surface area contributed by atoms with Crippen molar-refractivity contribution in [3.05, 3.63) is 29.8 Å². The normalized spacial score (nSPS) is 27.0. The molecule has 2 fully saturated rings. The van der Waals surface area contributed by atoms with Crippen LogP contribution in [0.1, 0.15) is 57.6 Å². The molecule has 0 spiro atoms. The molecule has 5 nitrogen and oxygen atoms in total. The summed E-state index contributed by atoms with van der Waals surface area (Å²) in [6.45, 7) is 4.19. The van der Waals surface area contributed by atoms with Crippen molar-refractivity contribution in [2.75, 3.05) is 6.54 Å². The summed E-state index contributed by atoms with van der Waals surface area (Å²) in [6.07, 6.45) is 5.30. The molecular formula is C20H30N2O3. The topological polar surface area (TPSA) is 70.6 Å². The van der Waals surface area contributed by atoms with Gasteiger partial charge in [0.05, 0.1) is 18.2 Å².